The average Bonchev–Trinajstić information content (AvgIpc) is 2.59. The first-order chi connectivity index (χ1) is 11.2. The molecule has 2 rings (SSSR count). The number of ether oxygens (including phenoxy) is 1. The smallest absolute Gasteiger partial charge is 0.230 e. The van der Waals surface area contributed by atoms with Crippen LogP contribution in [0.15, 0.2) is 54.6 Å². The van der Waals surface area contributed by atoms with Gasteiger partial charge in [0.25, 0.3) is 0 Å². The lowest BCUT2D eigenvalue weighted by molar-refractivity contribution is -0.911. The van der Waals surface area contributed by atoms with Crippen molar-refractivity contribution in [3.05, 3.63) is 60.2 Å². The van der Waals surface area contributed by atoms with E-state index in [9.17, 15) is 4.79 Å². The zero-order valence-electron chi connectivity index (χ0n) is 13.8. The third-order valence-electron chi connectivity index (χ3n) is 3.86. The second kappa shape index (κ2) is 8.96. The van der Waals surface area contributed by atoms with Crippen LogP contribution in [0.5, 0.6) is 5.75 Å². The second-order valence-corrected chi connectivity index (χ2v) is 5.55. The van der Waals surface area contributed by atoms with E-state index in [4.69, 9.17) is 4.74 Å². The normalized spacial score (nSPS) is 11.7. The fourth-order valence-corrected chi connectivity index (χ4v) is 2.49. The molecule has 0 fully saturated rings. The van der Waals surface area contributed by atoms with Crippen molar-refractivity contribution < 1.29 is 14.4 Å². The zero-order valence-corrected chi connectivity index (χ0v) is 13.8. The minimum Gasteiger partial charge on any atom is -0.497 e. The van der Waals surface area contributed by atoms with Crippen LogP contribution in [0.2, 0.25) is 0 Å². The SMILES string of the molecule is CC[NH+](CCC(=O)Nc1cccc(OC)c1)Cc1ccccc1. The van der Waals surface area contributed by atoms with Gasteiger partial charge in [0.1, 0.15) is 12.3 Å². The lowest BCUT2D eigenvalue weighted by atomic mass is 10.2. The zero-order chi connectivity index (χ0) is 16.5. The summed E-state index contributed by atoms with van der Waals surface area (Å²) in [5.74, 6) is 0.782. The summed E-state index contributed by atoms with van der Waals surface area (Å²) in [7, 11) is 1.62. The molecule has 4 heteroatoms. The molecule has 1 atom stereocenters. The molecule has 0 aliphatic carbocycles. The van der Waals surface area contributed by atoms with E-state index in [0.29, 0.717) is 6.42 Å². The standard InChI is InChI=1S/C19H24N2O2/c1-3-21(15-16-8-5-4-6-9-16)13-12-19(22)20-17-10-7-11-18(14-17)23-2/h4-11,14H,3,12-13,15H2,1-2H3,(H,20,22)/p+1. The van der Waals surface area contributed by atoms with Crippen molar-refractivity contribution in [2.75, 3.05) is 25.5 Å². The summed E-state index contributed by atoms with van der Waals surface area (Å²) in [5, 5.41) is 2.93. The van der Waals surface area contributed by atoms with Gasteiger partial charge in [-0.25, -0.2) is 0 Å². The molecular formula is C19H25N2O2+. The van der Waals surface area contributed by atoms with Crippen LogP contribution in [0.3, 0.4) is 0 Å². The predicted molar refractivity (Wildman–Crippen MR) is 92.8 cm³/mol. The van der Waals surface area contributed by atoms with Crippen LogP contribution in [0.25, 0.3) is 0 Å². The molecule has 1 unspecified atom stereocenters. The van der Waals surface area contributed by atoms with Crippen LogP contribution < -0.4 is 15.0 Å². The van der Waals surface area contributed by atoms with E-state index in [-0.39, 0.29) is 5.91 Å². The Hall–Kier alpha value is -2.33. The Morgan fingerprint density at radius 2 is 1.91 bits per heavy atom. The van der Waals surface area contributed by atoms with Crippen LogP contribution in [0.4, 0.5) is 5.69 Å². The molecule has 0 saturated heterocycles. The van der Waals surface area contributed by atoms with Crippen LogP contribution in [-0.4, -0.2) is 26.1 Å². The van der Waals surface area contributed by atoms with Crippen LogP contribution >= 0.6 is 0 Å². The van der Waals surface area contributed by atoms with Crippen molar-refractivity contribution in [3.8, 4) is 5.75 Å². The summed E-state index contributed by atoms with van der Waals surface area (Å²) < 4.78 is 5.16. The number of methoxy groups -OCH3 is 1. The molecule has 0 spiro atoms. The van der Waals surface area contributed by atoms with Gasteiger partial charge in [-0.2, -0.15) is 0 Å². The van der Waals surface area contributed by atoms with E-state index in [1.54, 1.807) is 7.11 Å². The van der Waals surface area contributed by atoms with Crippen LogP contribution in [0, 0.1) is 0 Å². The third-order valence-corrected chi connectivity index (χ3v) is 3.86. The van der Waals surface area contributed by atoms with Crippen molar-refractivity contribution in [2.24, 2.45) is 0 Å². The first kappa shape index (κ1) is 17.0. The van der Waals surface area contributed by atoms with Gasteiger partial charge in [-0.15, -0.1) is 0 Å². The minimum absolute atomic E-state index is 0.0391. The Balaban J connectivity index is 1.82. The summed E-state index contributed by atoms with van der Waals surface area (Å²) in [5.41, 5.74) is 2.08. The molecule has 2 N–H and O–H groups in total. The highest BCUT2D eigenvalue weighted by Crippen LogP contribution is 2.16. The monoisotopic (exact) mass is 313 g/mol. The molecule has 0 saturated carbocycles. The second-order valence-electron chi connectivity index (χ2n) is 5.55. The summed E-state index contributed by atoms with van der Waals surface area (Å²) >= 11 is 0. The Labute approximate surface area is 138 Å². The number of amides is 1. The van der Waals surface area contributed by atoms with Crippen molar-refractivity contribution in [1.29, 1.82) is 0 Å². The number of hydrogen-bond acceptors (Lipinski definition) is 2. The highest BCUT2D eigenvalue weighted by Gasteiger charge is 2.11. The van der Waals surface area contributed by atoms with Crippen LogP contribution in [0.1, 0.15) is 18.9 Å². The molecule has 1 amide bonds. The Morgan fingerprint density at radius 1 is 1.13 bits per heavy atom. The van der Waals surface area contributed by atoms with Crippen molar-refractivity contribution in [2.45, 2.75) is 19.9 Å². The molecule has 0 aromatic heterocycles. The number of rotatable bonds is 8. The maximum Gasteiger partial charge on any atom is 0.230 e. The van der Waals surface area contributed by atoms with Gasteiger partial charge in [-0.3, -0.25) is 4.79 Å². The summed E-state index contributed by atoms with van der Waals surface area (Å²) in [4.78, 5) is 13.5. The third kappa shape index (κ3) is 5.75. The maximum absolute atomic E-state index is 12.1. The fraction of sp³-hybridized carbons (Fsp3) is 0.316. The van der Waals surface area contributed by atoms with Gasteiger partial charge in [0.15, 0.2) is 0 Å². The van der Waals surface area contributed by atoms with E-state index in [2.05, 4.69) is 36.5 Å². The fourth-order valence-electron chi connectivity index (χ4n) is 2.49. The van der Waals surface area contributed by atoms with E-state index in [1.165, 1.54) is 10.5 Å². The lowest BCUT2D eigenvalue weighted by Gasteiger charge is -2.17. The molecule has 0 bridgehead atoms. The number of nitrogens with one attached hydrogen (secondary N) is 2. The van der Waals surface area contributed by atoms with Crippen molar-refractivity contribution in [1.82, 2.24) is 0 Å². The topological polar surface area (TPSA) is 42.8 Å². The average molecular weight is 313 g/mol. The summed E-state index contributed by atoms with van der Waals surface area (Å²) in [6.45, 7) is 4.92. The number of quaternary nitrogens is 1. The van der Waals surface area contributed by atoms with Crippen LogP contribution in [-0.2, 0) is 11.3 Å². The van der Waals surface area contributed by atoms with E-state index < -0.39 is 0 Å². The lowest BCUT2D eigenvalue weighted by Crippen LogP contribution is -3.10. The Morgan fingerprint density at radius 3 is 2.61 bits per heavy atom. The van der Waals surface area contributed by atoms with Gasteiger partial charge in [0.2, 0.25) is 5.91 Å². The van der Waals surface area contributed by atoms with Crippen molar-refractivity contribution in [3.63, 3.8) is 0 Å². The van der Waals surface area contributed by atoms with E-state index in [0.717, 1.165) is 31.1 Å². The van der Waals surface area contributed by atoms with Gasteiger partial charge in [0, 0.05) is 17.3 Å². The Bertz CT molecular complexity index is 614. The van der Waals surface area contributed by atoms with Gasteiger partial charge in [-0.05, 0) is 19.1 Å². The number of carbonyl (C=O) groups is 1. The number of carbonyl (C=O) groups excluding carboxylic acids is 1. The van der Waals surface area contributed by atoms with Gasteiger partial charge >= 0.3 is 0 Å². The molecular weight excluding hydrogens is 288 g/mol. The summed E-state index contributed by atoms with van der Waals surface area (Å²) in [6.07, 6.45) is 0.507. The first-order valence-corrected chi connectivity index (χ1v) is 8.02. The van der Waals surface area contributed by atoms with E-state index >= 15 is 0 Å². The van der Waals surface area contributed by atoms with Crippen molar-refractivity contribution >= 4 is 11.6 Å². The number of benzene rings is 2. The molecule has 0 aliphatic rings. The molecule has 4 nitrogen and oxygen atoms in total. The largest absolute Gasteiger partial charge is 0.497 e. The maximum atomic E-state index is 12.1. The molecule has 122 valence electrons. The molecule has 2 aromatic carbocycles. The molecule has 0 heterocycles. The minimum atomic E-state index is 0.0391. The molecule has 2 aromatic rings. The number of anilines is 1. The number of hydrogen-bond donors (Lipinski definition) is 2. The van der Waals surface area contributed by atoms with Gasteiger partial charge < -0.3 is 15.0 Å². The van der Waals surface area contributed by atoms with Gasteiger partial charge in [0.05, 0.1) is 26.6 Å². The Kier molecular flexibility index (Phi) is 6.63. The van der Waals surface area contributed by atoms with Gasteiger partial charge in [-0.1, -0.05) is 36.4 Å². The quantitative estimate of drug-likeness (QED) is 0.784. The first-order valence-electron chi connectivity index (χ1n) is 8.02. The highest BCUT2D eigenvalue weighted by molar-refractivity contribution is 5.90. The summed E-state index contributed by atoms with van der Waals surface area (Å²) in [6, 6.07) is 17.8. The highest BCUT2D eigenvalue weighted by atomic mass is 16.5. The predicted octanol–water partition coefficient (Wildman–Crippen LogP) is 2.13. The molecule has 23 heavy (non-hydrogen) atoms. The molecule has 0 aliphatic heterocycles. The van der Waals surface area contributed by atoms with E-state index in [1.807, 2.05) is 30.3 Å². The molecule has 0 radical (unpaired) electrons.